The molecule has 0 bridgehead atoms. The second kappa shape index (κ2) is 2.12. The van der Waals surface area contributed by atoms with Crippen LogP contribution in [0.1, 0.15) is 5.56 Å². The van der Waals surface area contributed by atoms with Gasteiger partial charge in [0.1, 0.15) is 0 Å². The Bertz CT molecular complexity index is 269. The van der Waals surface area contributed by atoms with Crippen molar-refractivity contribution >= 4 is 5.69 Å². The molecule has 2 N–H and O–H groups in total. The Kier molecular flexibility index (Phi) is 1.24. The van der Waals surface area contributed by atoms with Crippen molar-refractivity contribution < 1.29 is 9.50 Å². The molecule has 1 aliphatic rings. The minimum Gasteiger partial charge on any atom is -0.505 e. The molecule has 2 nitrogen and oxygen atoms in total. The smallest absolute Gasteiger partial charge is 0.166 e. The predicted molar refractivity (Wildman–Crippen MR) is 40.3 cm³/mol. The minimum atomic E-state index is -0.557. The summed E-state index contributed by atoms with van der Waals surface area (Å²) < 4.78 is 12.7. The van der Waals surface area contributed by atoms with E-state index in [-0.39, 0.29) is 5.75 Å². The fourth-order valence-corrected chi connectivity index (χ4v) is 1.31. The van der Waals surface area contributed by atoms with Crippen LogP contribution in [0.2, 0.25) is 0 Å². The Morgan fingerprint density at radius 3 is 3.09 bits per heavy atom. The molecule has 0 aromatic heterocycles. The number of phenolic OH excluding ortho intramolecular Hbond substituents is 1. The molecule has 0 amide bonds. The summed E-state index contributed by atoms with van der Waals surface area (Å²) in [7, 11) is 0. The van der Waals surface area contributed by atoms with E-state index >= 15 is 0 Å². The van der Waals surface area contributed by atoms with Crippen molar-refractivity contribution in [2.75, 3.05) is 11.9 Å². The van der Waals surface area contributed by atoms with Gasteiger partial charge in [0.05, 0.1) is 0 Å². The van der Waals surface area contributed by atoms with Crippen LogP contribution in [0.15, 0.2) is 12.1 Å². The fourth-order valence-electron chi connectivity index (χ4n) is 1.31. The molecule has 0 saturated carbocycles. The van der Waals surface area contributed by atoms with Gasteiger partial charge in [-0.1, -0.05) is 0 Å². The Morgan fingerprint density at radius 2 is 2.27 bits per heavy atom. The third-order valence-corrected chi connectivity index (χ3v) is 1.88. The molecule has 1 heterocycles. The number of fused-ring (bicyclic) bond motifs is 1. The topological polar surface area (TPSA) is 32.3 Å². The van der Waals surface area contributed by atoms with Gasteiger partial charge in [0.25, 0.3) is 0 Å². The van der Waals surface area contributed by atoms with E-state index in [1.807, 2.05) is 0 Å². The number of hydrogen-bond donors (Lipinski definition) is 2. The van der Waals surface area contributed by atoms with Crippen LogP contribution in [-0.2, 0) is 6.42 Å². The molecule has 0 aliphatic carbocycles. The Hall–Kier alpha value is -1.25. The van der Waals surface area contributed by atoms with E-state index in [0.717, 1.165) is 24.2 Å². The van der Waals surface area contributed by atoms with Gasteiger partial charge in [-0.05, 0) is 18.1 Å². The minimum absolute atomic E-state index is 0.257. The lowest BCUT2D eigenvalue weighted by Crippen LogP contribution is -1.91. The first kappa shape index (κ1) is 6.46. The molecule has 11 heavy (non-hydrogen) atoms. The Labute approximate surface area is 63.7 Å². The van der Waals surface area contributed by atoms with Crippen LogP contribution in [-0.4, -0.2) is 11.7 Å². The van der Waals surface area contributed by atoms with Crippen LogP contribution < -0.4 is 5.32 Å². The van der Waals surface area contributed by atoms with Crippen molar-refractivity contribution in [2.45, 2.75) is 6.42 Å². The molecule has 0 unspecified atom stereocenters. The summed E-state index contributed by atoms with van der Waals surface area (Å²) in [4.78, 5) is 0. The average Bonchev–Trinajstić information content (AvgIpc) is 2.36. The summed E-state index contributed by atoms with van der Waals surface area (Å²) in [5.41, 5.74) is 1.80. The zero-order valence-corrected chi connectivity index (χ0v) is 5.89. The molecular weight excluding hydrogens is 145 g/mol. The fraction of sp³-hybridized carbons (Fsp3) is 0.250. The average molecular weight is 153 g/mol. The van der Waals surface area contributed by atoms with Crippen molar-refractivity contribution in [3.63, 3.8) is 0 Å². The molecule has 0 fully saturated rings. The highest BCUT2D eigenvalue weighted by molar-refractivity contribution is 5.58. The first-order valence-corrected chi connectivity index (χ1v) is 3.52. The molecule has 0 radical (unpaired) electrons. The predicted octanol–water partition coefficient (Wildman–Crippen LogP) is 1.50. The van der Waals surface area contributed by atoms with Gasteiger partial charge in [-0.15, -0.1) is 0 Å². The van der Waals surface area contributed by atoms with Crippen molar-refractivity contribution in [3.8, 4) is 5.75 Å². The number of rotatable bonds is 0. The van der Waals surface area contributed by atoms with E-state index in [1.165, 1.54) is 12.1 Å². The Morgan fingerprint density at radius 1 is 1.45 bits per heavy atom. The highest BCUT2D eigenvalue weighted by Gasteiger charge is 2.12. The van der Waals surface area contributed by atoms with Crippen LogP contribution in [0, 0.1) is 5.82 Å². The third-order valence-electron chi connectivity index (χ3n) is 1.88. The lowest BCUT2D eigenvalue weighted by Gasteiger charge is -2.00. The number of nitrogens with one attached hydrogen (secondary N) is 1. The summed E-state index contributed by atoms with van der Waals surface area (Å²) in [6.45, 7) is 0.832. The number of benzene rings is 1. The lowest BCUT2D eigenvalue weighted by molar-refractivity contribution is 0.432. The molecule has 58 valence electrons. The number of halogens is 1. The van der Waals surface area contributed by atoms with Gasteiger partial charge in [-0.2, -0.15) is 0 Å². The molecule has 1 aromatic carbocycles. The zero-order valence-electron chi connectivity index (χ0n) is 5.89. The lowest BCUT2D eigenvalue weighted by atomic mass is 10.1. The van der Waals surface area contributed by atoms with E-state index in [1.54, 1.807) is 0 Å². The van der Waals surface area contributed by atoms with Crippen molar-refractivity contribution in [3.05, 3.63) is 23.5 Å². The number of hydrogen-bond acceptors (Lipinski definition) is 2. The highest BCUT2D eigenvalue weighted by Crippen LogP contribution is 2.28. The molecule has 0 saturated heterocycles. The van der Waals surface area contributed by atoms with Gasteiger partial charge in [0.2, 0.25) is 0 Å². The van der Waals surface area contributed by atoms with E-state index < -0.39 is 5.82 Å². The first-order valence-electron chi connectivity index (χ1n) is 3.52. The van der Waals surface area contributed by atoms with E-state index in [0.29, 0.717) is 0 Å². The largest absolute Gasteiger partial charge is 0.505 e. The maximum Gasteiger partial charge on any atom is 0.166 e. The van der Waals surface area contributed by atoms with E-state index in [4.69, 9.17) is 5.11 Å². The molecular formula is C8H8FNO. The normalized spacial score (nSPS) is 14.3. The molecule has 1 aliphatic heterocycles. The molecule has 0 atom stereocenters. The van der Waals surface area contributed by atoms with Crippen molar-refractivity contribution in [2.24, 2.45) is 0 Å². The highest BCUT2D eigenvalue weighted by atomic mass is 19.1. The molecule has 1 aromatic rings. The summed E-state index contributed by atoms with van der Waals surface area (Å²) >= 11 is 0. The molecule has 0 spiro atoms. The monoisotopic (exact) mass is 153 g/mol. The van der Waals surface area contributed by atoms with Crippen LogP contribution in [0.4, 0.5) is 10.1 Å². The summed E-state index contributed by atoms with van der Waals surface area (Å²) in [5, 5.41) is 12.0. The van der Waals surface area contributed by atoms with E-state index in [2.05, 4.69) is 5.32 Å². The summed E-state index contributed by atoms with van der Waals surface area (Å²) in [6.07, 6.45) is 0.864. The second-order valence-corrected chi connectivity index (χ2v) is 2.64. The maximum absolute atomic E-state index is 12.7. The van der Waals surface area contributed by atoms with Gasteiger partial charge in [-0.25, -0.2) is 4.39 Å². The van der Waals surface area contributed by atoms with Crippen LogP contribution in [0.25, 0.3) is 0 Å². The van der Waals surface area contributed by atoms with Crippen molar-refractivity contribution in [1.82, 2.24) is 0 Å². The summed E-state index contributed by atoms with van der Waals surface area (Å²) in [5.74, 6) is -0.814. The molecule has 3 heteroatoms. The van der Waals surface area contributed by atoms with Crippen LogP contribution in [0.3, 0.4) is 0 Å². The van der Waals surface area contributed by atoms with Crippen LogP contribution in [0.5, 0.6) is 5.75 Å². The number of anilines is 1. The number of aromatic hydroxyl groups is 1. The standard InChI is InChI=1S/C8H8FNO/c9-6-4-7-5(1-2-10-7)3-8(6)11/h3-4,10-11H,1-2H2. The Balaban J connectivity index is 2.57. The van der Waals surface area contributed by atoms with Gasteiger partial charge >= 0.3 is 0 Å². The molecule has 2 rings (SSSR count). The van der Waals surface area contributed by atoms with Gasteiger partial charge in [-0.3, -0.25) is 0 Å². The van der Waals surface area contributed by atoms with Gasteiger partial charge < -0.3 is 10.4 Å². The van der Waals surface area contributed by atoms with E-state index in [9.17, 15) is 4.39 Å². The van der Waals surface area contributed by atoms with Gasteiger partial charge in [0.15, 0.2) is 11.6 Å². The SMILES string of the molecule is Oc1cc2c(cc1F)NCC2. The zero-order chi connectivity index (χ0) is 7.84. The second-order valence-electron chi connectivity index (χ2n) is 2.64. The number of phenols is 1. The quantitative estimate of drug-likeness (QED) is 0.553. The maximum atomic E-state index is 12.7. The first-order chi connectivity index (χ1) is 5.27. The third kappa shape index (κ3) is 0.926. The summed E-state index contributed by atoms with van der Waals surface area (Å²) in [6, 6.07) is 2.81. The van der Waals surface area contributed by atoms with Crippen molar-refractivity contribution in [1.29, 1.82) is 0 Å². The van der Waals surface area contributed by atoms with Gasteiger partial charge in [0, 0.05) is 18.3 Å². The van der Waals surface area contributed by atoms with Crippen LogP contribution >= 0.6 is 0 Å².